The maximum Gasteiger partial charge on any atom is 0.272 e. The Kier molecular flexibility index (Phi) is 7.38. The molecule has 5 N–H and O–H groups in total. The molecule has 0 spiro atoms. The Morgan fingerprint density at radius 1 is 1.00 bits per heavy atom. The molecule has 0 aromatic heterocycles. The number of amides is 2. The van der Waals surface area contributed by atoms with Crippen molar-refractivity contribution in [3.63, 3.8) is 0 Å². The number of carbonyl (C=O) groups is 2. The van der Waals surface area contributed by atoms with E-state index in [9.17, 15) is 9.59 Å². The Hall–Kier alpha value is -3.98. The van der Waals surface area contributed by atoms with Crippen LogP contribution in [0.5, 0.6) is 0 Å². The first-order valence-electron chi connectivity index (χ1n) is 14.1. The second kappa shape index (κ2) is 11.3. The Labute approximate surface area is 234 Å². The summed E-state index contributed by atoms with van der Waals surface area (Å²) < 4.78 is 0. The summed E-state index contributed by atoms with van der Waals surface area (Å²) in [5, 5.41) is 13.0. The van der Waals surface area contributed by atoms with Crippen molar-refractivity contribution in [2.75, 3.05) is 31.2 Å². The lowest BCUT2D eigenvalue weighted by molar-refractivity contribution is -0.122. The van der Waals surface area contributed by atoms with Crippen LogP contribution < -0.4 is 37.2 Å². The van der Waals surface area contributed by atoms with E-state index >= 15 is 0 Å². The highest BCUT2D eigenvalue weighted by atomic mass is 16.2. The number of fused-ring (bicyclic) bond motifs is 1. The molecule has 1 saturated heterocycles. The number of hydrazine groups is 1. The van der Waals surface area contributed by atoms with Crippen molar-refractivity contribution in [1.82, 2.24) is 20.9 Å². The van der Waals surface area contributed by atoms with Crippen molar-refractivity contribution < 1.29 is 9.59 Å². The van der Waals surface area contributed by atoms with Crippen LogP contribution in [-0.4, -0.2) is 49.1 Å². The molecule has 2 heterocycles. The van der Waals surface area contributed by atoms with E-state index in [1.807, 2.05) is 54.7 Å². The lowest BCUT2D eigenvalue weighted by Crippen LogP contribution is -2.48. The Morgan fingerprint density at radius 2 is 1.77 bits per heavy atom. The second-order valence-corrected chi connectivity index (χ2v) is 11.0. The van der Waals surface area contributed by atoms with Crippen molar-refractivity contribution in [3.8, 4) is 11.1 Å². The quantitative estimate of drug-likeness (QED) is 0.208. The maximum atomic E-state index is 13.3. The summed E-state index contributed by atoms with van der Waals surface area (Å²) in [7, 11) is 0. The maximum absolute atomic E-state index is 13.3. The van der Waals surface area contributed by atoms with E-state index in [1.54, 1.807) is 0 Å². The molecule has 3 aromatic rings. The van der Waals surface area contributed by atoms with Crippen LogP contribution in [0.3, 0.4) is 0 Å². The van der Waals surface area contributed by atoms with Gasteiger partial charge in [-0.2, -0.15) is 0 Å². The van der Waals surface area contributed by atoms with Gasteiger partial charge in [0.1, 0.15) is 6.17 Å². The number of hydrogen-bond acceptors (Lipinski definition) is 6. The molecule has 6 rings (SSSR count). The van der Waals surface area contributed by atoms with Crippen LogP contribution in [-0.2, 0) is 11.3 Å². The third-order valence-corrected chi connectivity index (χ3v) is 7.94. The number of piperazine rings is 1. The highest BCUT2D eigenvalue weighted by Gasteiger charge is 2.30. The molecule has 1 saturated carbocycles. The van der Waals surface area contributed by atoms with Gasteiger partial charge < -0.3 is 16.0 Å². The fraction of sp³-hybridized carbons (Fsp3) is 0.312. The van der Waals surface area contributed by atoms with Gasteiger partial charge in [0.25, 0.3) is 5.91 Å². The predicted molar refractivity (Wildman–Crippen MR) is 158 cm³/mol. The van der Waals surface area contributed by atoms with E-state index in [-0.39, 0.29) is 23.9 Å². The molecule has 0 bridgehead atoms. The number of nitrogens with one attached hydrogen (secondary N) is 3. The highest BCUT2D eigenvalue weighted by Crippen LogP contribution is 2.29. The van der Waals surface area contributed by atoms with E-state index in [2.05, 4.69) is 46.0 Å². The van der Waals surface area contributed by atoms with Crippen LogP contribution in [0.1, 0.15) is 34.3 Å². The van der Waals surface area contributed by atoms with Gasteiger partial charge in [0, 0.05) is 50.4 Å². The number of rotatable bonds is 7. The molecule has 206 valence electrons. The minimum atomic E-state index is -0.250. The van der Waals surface area contributed by atoms with E-state index < -0.39 is 0 Å². The van der Waals surface area contributed by atoms with Crippen molar-refractivity contribution in [2.24, 2.45) is 11.8 Å². The monoisotopic (exact) mass is 536 g/mol. The van der Waals surface area contributed by atoms with Crippen molar-refractivity contribution in [3.05, 3.63) is 87.8 Å². The van der Waals surface area contributed by atoms with Gasteiger partial charge in [0.05, 0.1) is 5.69 Å². The van der Waals surface area contributed by atoms with Gasteiger partial charge in [-0.15, -0.1) is 0 Å². The summed E-state index contributed by atoms with van der Waals surface area (Å²) in [5.41, 5.74) is 5.50. The molecule has 8 heteroatoms. The van der Waals surface area contributed by atoms with Crippen molar-refractivity contribution in [1.29, 1.82) is 0 Å². The summed E-state index contributed by atoms with van der Waals surface area (Å²) in [6, 6.07) is 19.8. The molecule has 1 atom stereocenters. The van der Waals surface area contributed by atoms with Gasteiger partial charge in [-0.05, 0) is 88.9 Å². The van der Waals surface area contributed by atoms with Crippen LogP contribution in [0.4, 0.5) is 5.69 Å². The predicted octanol–water partition coefficient (Wildman–Crippen LogP) is 1.56. The lowest BCUT2D eigenvalue weighted by atomic mass is 9.98. The first-order chi connectivity index (χ1) is 19.4. The van der Waals surface area contributed by atoms with E-state index in [4.69, 9.17) is 5.84 Å². The van der Waals surface area contributed by atoms with Crippen LogP contribution in [0, 0.1) is 12.8 Å². The van der Waals surface area contributed by atoms with Crippen molar-refractivity contribution >= 4 is 29.8 Å². The standard InChI is InChI=1S/C32H36N6O2/c1-21-2-11-28(38(33)32(40)24-5-3-22(4-6-24)20-37-14-12-34-13-15-37)18-29(21)26-10-9-25-17-30(35-19-27(25)16-26)36-31(39)23-7-8-23/h2-6,9-11,16-19,23,30,34-35H,7-8,12-15,20,33H2,1H3,(H,36,39). The zero-order valence-corrected chi connectivity index (χ0v) is 22.8. The van der Waals surface area contributed by atoms with Gasteiger partial charge in [0.15, 0.2) is 0 Å². The topological polar surface area (TPSA) is 103 Å². The number of anilines is 1. The Morgan fingerprint density at radius 3 is 2.52 bits per heavy atom. The summed E-state index contributed by atoms with van der Waals surface area (Å²) in [6.07, 6.45) is 5.74. The van der Waals surface area contributed by atoms with Gasteiger partial charge in [-0.25, -0.2) is 10.9 Å². The number of nitrogens with zero attached hydrogens (tertiary/aromatic N) is 2. The average molecular weight is 537 g/mol. The molecule has 0 radical (unpaired) electrons. The zero-order chi connectivity index (χ0) is 27.6. The van der Waals surface area contributed by atoms with Crippen LogP contribution >= 0.6 is 0 Å². The van der Waals surface area contributed by atoms with Crippen LogP contribution in [0.25, 0.3) is 23.4 Å². The number of nitrogens with two attached hydrogens (primary N) is 1. The van der Waals surface area contributed by atoms with Gasteiger partial charge >= 0.3 is 0 Å². The number of aryl methyl sites for hydroxylation is 1. The van der Waals surface area contributed by atoms with Gasteiger partial charge in [0.2, 0.25) is 5.91 Å². The minimum Gasteiger partial charge on any atom is -0.368 e. The van der Waals surface area contributed by atoms with Gasteiger partial charge in [-0.1, -0.05) is 30.3 Å². The largest absolute Gasteiger partial charge is 0.368 e. The molecular weight excluding hydrogens is 500 g/mol. The van der Waals surface area contributed by atoms with E-state index in [0.29, 0.717) is 11.3 Å². The molecule has 1 aliphatic carbocycles. The highest BCUT2D eigenvalue weighted by molar-refractivity contribution is 6.05. The van der Waals surface area contributed by atoms with Crippen molar-refractivity contribution in [2.45, 2.75) is 32.5 Å². The van der Waals surface area contributed by atoms with Gasteiger partial charge in [-0.3, -0.25) is 14.5 Å². The Bertz CT molecular complexity index is 1540. The molecule has 2 fully saturated rings. The smallest absolute Gasteiger partial charge is 0.272 e. The third-order valence-electron chi connectivity index (χ3n) is 7.94. The average Bonchev–Trinajstić information content (AvgIpc) is 3.83. The molecule has 1 unspecified atom stereocenters. The minimum absolute atomic E-state index is 0.113. The SMILES string of the molecule is Cc1ccc(N(N)C(=O)c2ccc(CN3CCNCC3)cc2)cc1-c1ccc2c(c1)=CNC(NC(=O)C1CC1)C=2. The fourth-order valence-electron chi connectivity index (χ4n) is 5.33. The fourth-order valence-corrected chi connectivity index (χ4v) is 5.33. The van der Waals surface area contributed by atoms with E-state index in [1.165, 1.54) is 10.6 Å². The molecular formula is C32H36N6O2. The summed E-state index contributed by atoms with van der Waals surface area (Å²) in [4.78, 5) is 27.8. The summed E-state index contributed by atoms with van der Waals surface area (Å²) in [6.45, 7) is 7.01. The summed E-state index contributed by atoms with van der Waals surface area (Å²) in [5.74, 6) is 6.39. The molecule has 3 aromatic carbocycles. The van der Waals surface area contributed by atoms with E-state index in [0.717, 1.165) is 72.7 Å². The number of hydrogen-bond donors (Lipinski definition) is 4. The number of carbonyl (C=O) groups excluding carboxylic acids is 2. The molecule has 3 aliphatic rings. The Balaban J connectivity index is 1.17. The zero-order valence-electron chi connectivity index (χ0n) is 22.8. The molecule has 2 aliphatic heterocycles. The lowest BCUT2D eigenvalue weighted by Gasteiger charge is -2.27. The molecule has 2 amide bonds. The normalized spacial score (nSPS) is 18.5. The first-order valence-corrected chi connectivity index (χ1v) is 14.1. The second-order valence-electron chi connectivity index (χ2n) is 11.0. The van der Waals surface area contributed by atoms with Crippen LogP contribution in [0.15, 0.2) is 60.7 Å². The number of benzene rings is 3. The first kappa shape index (κ1) is 26.3. The molecule has 40 heavy (non-hydrogen) atoms. The molecule has 8 nitrogen and oxygen atoms in total. The van der Waals surface area contributed by atoms with Crippen LogP contribution in [0.2, 0.25) is 0 Å². The third kappa shape index (κ3) is 5.79. The summed E-state index contributed by atoms with van der Waals surface area (Å²) >= 11 is 0.